The van der Waals surface area contributed by atoms with Gasteiger partial charge in [0.2, 0.25) is 5.82 Å². The van der Waals surface area contributed by atoms with E-state index >= 15 is 0 Å². The third kappa shape index (κ3) is 3.11. The summed E-state index contributed by atoms with van der Waals surface area (Å²) in [5.41, 5.74) is 4.41. The Morgan fingerprint density at radius 3 is 2.48 bits per heavy atom. The SMILES string of the molecule is Nc1ccc(C(=O)Nc2ccc(F)c([N+](=O)[O-])c2)cc1F. The van der Waals surface area contributed by atoms with Gasteiger partial charge in [-0.15, -0.1) is 0 Å². The van der Waals surface area contributed by atoms with Gasteiger partial charge in [-0.1, -0.05) is 0 Å². The Labute approximate surface area is 117 Å². The van der Waals surface area contributed by atoms with Crippen molar-refractivity contribution in [2.45, 2.75) is 0 Å². The number of nitro groups is 1. The quantitative estimate of drug-likeness (QED) is 0.516. The maximum Gasteiger partial charge on any atom is 0.306 e. The fourth-order valence-electron chi connectivity index (χ4n) is 1.60. The molecular formula is C13H9F2N3O3. The molecule has 0 bridgehead atoms. The van der Waals surface area contributed by atoms with Crippen LogP contribution < -0.4 is 11.1 Å². The minimum absolute atomic E-state index is 0.0188. The van der Waals surface area contributed by atoms with Crippen molar-refractivity contribution in [3.63, 3.8) is 0 Å². The Bertz CT molecular complexity index is 735. The van der Waals surface area contributed by atoms with Crippen LogP contribution in [0.2, 0.25) is 0 Å². The lowest BCUT2D eigenvalue weighted by Crippen LogP contribution is -2.12. The fourth-order valence-corrected chi connectivity index (χ4v) is 1.60. The predicted octanol–water partition coefficient (Wildman–Crippen LogP) is 2.71. The third-order valence-corrected chi connectivity index (χ3v) is 2.66. The highest BCUT2D eigenvalue weighted by Gasteiger charge is 2.16. The molecule has 0 aliphatic carbocycles. The van der Waals surface area contributed by atoms with Gasteiger partial charge >= 0.3 is 5.69 Å². The molecule has 0 saturated carbocycles. The molecule has 2 aromatic rings. The maximum absolute atomic E-state index is 13.3. The summed E-state index contributed by atoms with van der Waals surface area (Å²) in [4.78, 5) is 21.6. The summed E-state index contributed by atoms with van der Waals surface area (Å²) < 4.78 is 26.4. The minimum Gasteiger partial charge on any atom is -0.396 e. The molecule has 0 saturated heterocycles. The Balaban J connectivity index is 2.25. The molecule has 0 radical (unpaired) electrons. The van der Waals surface area contributed by atoms with Crippen molar-refractivity contribution >= 4 is 23.0 Å². The van der Waals surface area contributed by atoms with Gasteiger partial charge in [-0.2, -0.15) is 4.39 Å². The number of nitro benzene ring substituents is 1. The molecule has 0 fully saturated rings. The summed E-state index contributed by atoms with van der Waals surface area (Å²) in [5.74, 6) is -2.47. The van der Waals surface area contributed by atoms with Gasteiger partial charge in [0.1, 0.15) is 5.82 Å². The van der Waals surface area contributed by atoms with Crippen molar-refractivity contribution < 1.29 is 18.5 Å². The van der Waals surface area contributed by atoms with Crippen LogP contribution in [-0.2, 0) is 0 Å². The zero-order valence-corrected chi connectivity index (χ0v) is 10.5. The zero-order valence-electron chi connectivity index (χ0n) is 10.5. The van der Waals surface area contributed by atoms with E-state index in [0.29, 0.717) is 0 Å². The molecule has 0 aliphatic rings. The van der Waals surface area contributed by atoms with E-state index in [2.05, 4.69) is 5.32 Å². The molecule has 0 heterocycles. The third-order valence-electron chi connectivity index (χ3n) is 2.66. The van der Waals surface area contributed by atoms with Crippen LogP contribution in [0.4, 0.5) is 25.8 Å². The molecule has 2 aromatic carbocycles. The molecule has 0 aromatic heterocycles. The number of anilines is 2. The van der Waals surface area contributed by atoms with Crippen molar-refractivity contribution in [3.8, 4) is 0 Å². The van der Waals surface area contributed by atoms with E-state index in [1.54, 1.807) is 0 Å². The molecule has 3 N–H and O–H groups in total. The largest absolute Gasteiger partial charge is 0.396 e. The van der Waals surface area contributed by atoms with Crippen LogP contribution in [0.1, 0.15) is 10.4 Å². The highest BCUT2D eigenvalue weighted by atomic mass is 19.1. The maximum atomic E-state index is 13.3. The smallest absolute Gasteiger partial charge is 0.306 e. The number of nitrogen functional groups attached to an aromatic ring is 1. The Kier molecular flexibility index (Phi) is 3.79. The van der Waals surface area contributed by atoms with Crippen LogP contribution in [0.25, 0.3) is 0 Å². The predicted molar refractivity (Wildman–Crippen MR) is 71.8 cm³/mol. The molecule has 1 amide bonds. The standard InChI is InChI=1S/C13H9F2N3O3/c14-9-3-2-8(6-12(9)18(20)21)17-13(19)7-1-4-11(16)10(15)5-7/h1-6H,16H2,(H,17,19). The lowest BCUT2D eigenvalue weighted by molar-refractivity contribution is -0.387. The average Bonchev–Trinajstić information content (AvgIpc) is 2.43. The molecule has 2 rings (SSSR count). The normalized spacial score (nSPS) is 10.2. The van der Waals surface area contributed by atoms with Crippen LogP contribution in [-0.4, -0.2) is 10.8 Å². The van der Waals surface area contributed by atoms with Crippen LogP contribution in [0.3, 0.4) is 0 Å². The molecular weight excluding hydrogens is 284 g/mol. The van der Waals surface area contributed by atoms with E-state index in [4.69, 9.17) is 5.73 Å². The summed E-state index contributed by atoms with van der Waals surface area (Å²) >= 11 is 0. The molecule has 108 valence electrons. The van der Waals surface area contributed by atoms with Gasteiger partial charge in [0.05, 0.1) is 10.6 Å². The van der Waals surface area contributed by atoms with Crippen LogP contribution in [0.15, 0.2) is 36.4 Å². The van der Waals surface area contributed by atoms with Crippen molar-refractivity contribution in [1.82, 2.24) is 0 Å². The van der Waals surface area contributed by atoms with Crippen LogP contribution in [0.5, 0.6) is 0 Å². The van der Waals surface area contributed by atoms with E-state index in [1.807, 2.05) is 0 Å². The second-order valence-corrected chi connectivity index (χ2v) is 4.11. The second kappa shape index (κ2) is 5.53. The number of hydrogen-bond acceptors (Lipinski definition) is 4. The molecule has 6 nitrogen and oxygen atoms in total. The highest BCUT2D eigenvalue weighted by molar-refractivity contribution is 6.04. The number of carbonyl (C=O) groups is 1. The number of carbonyl (C=O) groups excluding carboxylic acids is 1. The van der Waals surface area contributed by atoms with Gasteiger partial charge in [0.15, 0.2) is 0 Å². The van der Waals surface area contributed by atoms with E-state index < -0.39 is 28.2 Å². The highest BCUT2D eigenvalue weighted by Crippen LogP contribution is 2.22. The first kappa shape index (κ1) is 14.4. The minimum atomic E-state index is -1.02. The topological polar surface area (TPSA) is 98.3 Å². The first-order valence-corrected chi connectivity index (χ1v) is 5.69. The first-order chi connectivity index (χ1) is 9.88. The number of nitrogens with one attached hydrogen (secondary N) is 1. The van der Waals surface area contributed by atoms with Crippen molar-refractivity contribution in [2.24, 2.45) is 0 Å². The van der Waals surface area contributed by atoms with E-state index in [-0.39, 0.29) is 16.9 Å². The molecule has 0 aliphatic heterocycles. The van der Waals surface area contributed by atoms with Gasteiger partial charge in [0.25, 0.3) is 5.91 Å². The van der Waals surface area contributed by atoms with Crippen LogP contribution in [0, 0.1) is 21.7 Å². The number of halogens is 2. The summed E-state index contributed by atoms with van der Waals surface area (Å²) in [6, 6.07) is 6.34. The van der Waals surface area contributed by atoms with Gasteiger partial charge in [-0.3, -0.25) is 14.9 Å². The molecule has 0 unspecified atom stereocenters. The lowest BCUT2D eigenvalue weighted by Gasteiger charge is -2.06. The van der Waals surface area contributed by atoms with Crippen molar-refractivity contribution in [3.05, 3.63) is 63.7 Å². The first-order valence-electron chi connectivity index (χ1n) is 5.69. The summed E-state index contributed by atoms with van der Waals surface area (Å²) in [6.45, 7) is 0. The molecule has 0 atom stereocenters. The number of nitrogens with zero attached hydrogens (tertiary/aromatic N) is 1. The van der Waals surface area contributed by atoms with Gasteiger partial charge in [0, 0.05) is 17.3 Å². The Morgan fingerprint density at radius 1 is 1.14 bits per heavy atom. The van der Waals surface area contributed by atoms with Gasteiger partial charge in [-0.05, 0) is 30.3 Å². The van der Waals surface area contributed by atoms with Gasteiger partial charge < -0.3 is 11.1 Å². The van der Waals surface area contributed by atoms with E-state index in [1.165, 1.54) is 12.1 Å². The van der Waals surface area contributed by atoms with Crippen LogP contribution >= 0.6 is 0 Å². The number of benzene rings is 2. The second-order valence-electron chi connectivity index (χ2n) is 4.11. The summed E-state index contributed by atoms with van der Waals surface area (Å²) in [6.07, 6.45) is 0. The number of nitrogens with two attached hydrogens (primary N) is 1. The van der Waals surface area contributed by atoms with Crippen molar-refractivity contribution in [2.75, 3.05) is 11.1 Å². The van der Waals surface area contributed by atoms with Crippen molar-refractivity contribution in [1.29, 1.82) is 0 Å². The average molecular weight is 293 g/mol. The monoisotopic (exact) mass is 293 g/mol. The Hall–Kier alpha value is -3.03. The van der Waals surface area contributed by atoms with Gasteiger partial charge in [-0.25, -0.2) is 4.39 Å². The fraction of sp³-hybridized carbons (Fsp3) is 0. The summed E-state index contributed by atoms with van der Waals surface area (Å²) in [7, 11) is 0. The molecule has 0 spiro atoms. The zero-order chi connectivity index (χ0) is 15.6. The molecule has 21 heavy (non-hydrogen) atoms. The number of rotatable bonds is 3. The van der Waals surface area contributed by atoms with E-state index in [9.17, 15) is 23.7 Å². The molecule has 8 heteroatoms. The summed E-state index contributed by atoms with van der Waals surface area (Å²) in [5, 5.41) is 12.9. The van der Waals surface area contributed by atoms with E-state index in [0.717, 1.165) is 24.3 Å². The number of hydrogen-bond donors (Lipinski definition) is 2. The number of amides is 1. The lowest BCUT2D eigenvalue weighted by atomic mass is 10.1. The Morgan fingerprint density at radius 2 is 1.86 bits per heavy atom.